The van der Waals surface area contributed by atoms with E-state index in [0.717, 1.165) is 28.2 Å². The number of carbonyl (C=O) groups is 1. The standard InChI is InChI=1S/C19H17N3O2/c1-11-4-3-5-15-16-10-12(2)21-22(16)18(20-17(11)15)13-6-8-14(9-7-13)19(23)24/h3-10,18,20H,1-2H3,(H,23,24)/t18-/m0/s1. The van der Waals surface area contributed by atoms with Gasteiger partial charge in [-0.15, -0.1) is 0 Å². The molecule has 1 aliphatic rings. The van der Waals surface area contributed by atoms with E-state index in [9.17, 15) is 4.79 Å². The maximum absolute atomic E-state index is 11.1. The largest absolute Gasteiger partial charge is 0.478 e. The summed E-state index contributed by atoms with van der Waals surface area (Å²) in [5.74, 6) is -0.921. The van der Waals surface area contributed by atoms with Crippen molar-refractivity contribution in [1.29, 1.82) is 0 Å². The van der Waals surface area contributed by atoms with Crippen molar-refractivity contribution in [2.45, 2.75) is 20.0 Å². The van der Waals surface area contributed by atoms with Crippen molar-refractivity contribution in [3.63, 3.8) is 0 Å². The molecule has 0 fully saturated rings. The zero-order chi connectivity index (χ0) is 16.8. The van der Waals surface area contributed by atoms with Gasteiger partial charge >= 0.3 is 5.97 Å². The summed E-state index contributed by atoms with van der Waals surface area (Å²) in [6.45, 7) is 4.06. The van der Waals surface area contributed by atoms with Gasteiger partial charge in [-0.05, 0) is 43.2 Å². The fourth-order valence-electron chi connectivity index (χ4n) is 3.22. The summed E-state index contributed by atoms with van der Waals surface area (Å²) < 4.78 is 1.97. The van der Waals surface area contributed by atoms with E-state index >= 15 is 0 Å². The minimum atomic E-state index is -0.921. The number of anilines is 1. The number of carboxylic acid groups (broad SMARTS) is 1. The van der Waals surface area contributed by atoms with Crippen LogP contribution in [0.25, 0.3) is 11.3 Å². The van der Waals surface area contributed by atoms with Crippen LogP contribution < -0.4 is 5.32 Å². The van der Waals surface area contributed by atoms with E-state index in [2.05, 4.69) is 35.5 Å². The molecule has 1 atom stereocenters. The summed E-state index contributed by atoms with van der Waals surface area (Å²) in [4.78, 5) is 11.1. The van der Waals surface area contributed by atoms with Crippen LogP contribution in [0, 0.1) is 13.8 Å². The van der Waals surface area contributed by atoms with Crippen LogP contribution in [0.3, 0.4) is 0 Å². The highest BCUT2D eigenvalue weighted by atomic mass is 16.4. The van der Waals surface area contributed by atoms with Crippen molar-refractivity contribution in [1.82, 2.24) is 9.78 Å². The molecule has 0 radical (unpaired) electrons. The summed E-state index contributed by atoms with van der Waals surface area (Å²) in [6, 6.07) is 15.2. The first-order valence-electron chi connectivity index (χ1n) is 7.80. The summed E-state index contributed by atoms with van der Waals surface area (Å²) in [5, 5.41) is 17.3. The van der Waals surface area contributed by atoms with Gasteiger partial charge in [0.2, 0.25) is 0 Å². The number of nitrogens with one attached hydrogen (secondary N) is 1. The Labute approximate surface area is 139 Å². The molecule has 5 nitrogen and oxygen atoms in total. The third kappa shape index (κ3) is 2.17. The van der Waals surface area contributed by atoms with E-state index in [1.807, 2.05) is 29.8 Å². The maximum Gasteiger partial charge on any atom is 0.335 e. The van der Waals surface area contributed by atoms with Gasteiger partial charge in [0.15, 0.2) is 0 Å². The first-order chi connectivity index (χ1) is 11.5. The zero-order valence-corrected chi connectivity index (χ0v) is 13.4. The second-order valence-electron chi connectivity index (χ2n) is 6.09. The highest BCUT2D eigenvalue weighted by Crippen LogP contribution is 2.40. The van der Waals surface area contributed by atoms with Gasteiger partial charge in [-0.25, -0.2) is 9.48 Å². The Morgan fingerprint density at radius 3 is 2.62 bits per heavy atom. The lowest BCUT2D eigenvalue weighted by molar-refractivity contribution is 0.0697. The number of aryl methyl sites for hydroxylation is 2. The Hall–Kier alpha value is -3.08. The number of para-hydroxylation sites is 1. The number of carboxylic acids is 1. The molecule has 2 N–H and O–H groups in total. The van der Waals surface area contributed by atoms with Crippen LogP contribution in [-0.4, -0.2) is 20.9 Å². The molecule has 0 aliphatic carbocycles. The van der Waals surface area contributed by atoms with Crippen LogP contribution >= 0.6 is 0 Å². The molecule has 3 aromatic rings. The minimum Gasteiger partial charge on any atom is -0.478 e. The fourth-order valence-corrected chi connectivity index (χ4v) is 3.22. The third-order valence-electron chi connectivity index (χ3n) is 4.41. The van der Waals surface area contributed by atoms with Crippen LogP contribution in [0.15, 0.2) is 48.5 Å². The predicted octanol–water partition coefficient (Wildman–Crippen LogP) is 3.84. The molecule has 0 bridgehead atoms. The summed E-state index contributed by atoms with van der Waals surface area (Å²) in [6.07, 6.45) is -0.162. The monoisotopic (exact) mass is 319 g/mol. The Morgan fingerprint density at radius 1 is 1.17 bits per heavy atom. The SMILES string of the molecule is Cc1cc2n(n1)[C@@H](c1ccc(C(=O)O)cc1)Nc1c(C)cccc1-2. The third-order valence-corrected chi connectivity index (χ3v) is 4.41. The average molecular weight is 319 g/mol. The predicted molar refractivity (Wildman–Crippen MR) is 92.3 cm³/mol. The van der Waals surface area contributed by atoms with Crippen LogP contribution in [0.1, 0.15) is 33.3 Å². The molecule has 0 unspecified atom stereocenters. The van der Waals surface area contributed by atoms with E-state index in [1.54, 1.807) is 12.1 Å². The number of rotatable bonds is 2. The number of hydrogen-bond acceptors (Lipinski definition) is 3. The maximum atomic E-state index is 11.1. The number of nitrogens with zero attached hydrogens (tertiary/aromatic N) is 2. The smallest absolute Gasteiger partial charge is 0.335 e. The van der Waals surface area contributed by atoms with Gasteiger partial charge in [0.1, 0.15) is 6.17 Å². The molecule has 1 aromatic heterocycles. The zero-order valence-electron chi connectivity index (χ0n) is 13.4. The van der Waals surface area contributed by atoms with Gasteiger partial charge < -0.3 is 10.4 Å². The molecule has 2 aromatic carbocycles. The highest BCUT2D eigenvalue weighted by Gasteiger charge is 2.27. The minimum absolute atomic E-state index is 0.162. The summed E-state index contributed by atoms with van der Waals surface area (Å²) >= 11 is 0. The van der Waals surface area contributed by atoms with E-state index in [4.69, 9.17) is 5.11 Å². The van der Waals surface area contributed by atoms with Gasteiger partial charge in [-0.1, -0.05) is 30.3 Å². The van der Waals surface area contributed by atoms with E-state index < -0.39 is 5.97 Å². The molecule has 0 spiro atoms. The van der Waals surface area contributed by atoms with Gasteiger partial charge in [0.25, 0.3) is 0 Å². The van der Waals surface area contributed by atoms with Gasteiger partial charge in [0.05, 0.1) is 17.0 Å². The number of fused-ring (bicyclic) bond motifs is 3. The molecule has 2 heterocycles. The first-order valence-corrected chi connectivity index (χ1v) is 7.80. The Balaban J connectivity index is 1.85. The van der Waals surface area contributed by atoms with Crippen molar-refractivity contribution < 1.29 is 9.90 Å². The van der Waals surface area contributed by atoms with Crippen LogP contribution in [-0.2, 0) is 0 Å². The van der Waals surface area contributed by atoms with Crippen molar-refractivity contribution in [3.05, 3.63) is 70.9 Å². The molecule has 4 rings (SSSR count). The number of benzene rings is 2. The molecule has 1 aliphatic heterocycles. The lowest BCUT2D eigenvalue weighted by Crippen LogP contribution is -2.26. The lowest BCUT2D eigenvalue weighted by Gasteiger charge is -2.30. The molecular formula is C19H17N3O2. The molecule has 0 saturated carbocycles. The van der Waals surface area contributed by atoms with E-state index in [1.165, 1.54) is 5.56 Å². The second kappa shape index (κ2) is 5.23. The number of aromatic nitrogens is 2. The van der Waals surface area contributed by atoms with Gasteiger partial charge in [0, 0.05) is 11.3 Å². The van der Waals surface area contributed by atoms with Crippen molar-refractivity contribution in [2.24, 2.45) is 0 Å². The van der Waals surface area contributed by atoms with Gasteiger partial charge in [-0.3, -0.25) is 0 Å². The van der Waals surface area contributed by atoms with Crippen molar-refractivity contribution in [2.75, 3.05) is 5.32 Å². The van der Waals surface area contributed by atoms with E-state index in [0.29, 0.717) is 0 Å². The van der Waals surface area contributed by atoms with E-state index in [-0.39, 0.29) is 11.7 Å². The van der Waals surface area contributed by atoms with Crippen molar-refractivity contribution in [3.8, 4) is 11.3 Å². The Bertz CT molecular complexity index is 942. The topological polar surface area (TPSA) is 67.2 Å². The average Bonchev–Trinajstić information content (AvgIpc) is 2.96. The molecule has 120 valence electrons. The lowest BCUT2D eigenvalue weighted by atomic mass is 10.00. The summed E-state index contributed by atoms with van der Waals surface area (Å²) in [5.41, 5.74) is 6.67. The van der Waals surface area contributed by atoms with Crippen LogP contribution in [0.4, 0.5) is 5.69 Å². The molecule has 24 heavy (non-hydrogen) atoms. The van der Waals surface area contributed by atoms with Crippen molar-refractivity contribution >= 4 is 11.7 Å². The molecular weight excluding hydrogens is 302 g/mol. The normalized spacial score (nSPS) is 15.3. The number of hydrogen-bond donors (Lipinski definition) is 2. The Kier molecular flexibility index (Phi) is 3.16. The Morgan fingerprint density at radius 2 is 1.92 bits per heavy atom. The quantitative estimate of drug-likeness (QED) is 0.753. The first kappa shape index (κ1) is 14.5. The molecule has 0 saturated heterocycles. The fraction of sp³-hybridized carbons (Fsp3) is 0.158. The number of aromatic carboxylic acids is 1. The van der Waals surface area contributed by atoms with Crippen LogP contribution in [0.2, 0.25) is 0 Å². The summed E-state index contributed by atoms with van der Waals surface area (Å²) in [7, 11) is 0. The second-order valence-corrected chi connectivity index (χ2v) is 6.09. The molecule has 0 amide bonds. The molecule has 5 heteroatoms. The van der Waals surface area contributed by atoms with Crippen LogP contribution in [0.5, 0.6) is 0 Å². The highest BCUT2D eigenvalue weighted by molar-refractivity contribution is 5.87. The van der Waals surface area contributed by atoms with Gasteiger partial charge in [-0.2, -0.15) is 5.10 Å².